The van der Waals surface area contributed by atoms with Crippen LogP contribution in [0.15, 0.2) is 24.0 Å². The molecule has 0 bridgehead atoms. The Morgan fingerprint density at radius 2 is 1.87 bits per heavy atom. The second-order valence-corrected chi connectivity index (χ2v) is 3.90. The van der Waals surface area contributed by atoms with Gasteiger partial charge in [0.2, 0.25) is 0 Å². The van der Waals surface area contributed by atoms with Crippen LogP contribution in [-0.4, -0.2) is 5.97 Å². The summed E-state index contributed by atoms with van der Waals surface area (Å²) in [5.41, 5.74) is 0.435. The summed E-state index contributed by atoms with van der Waals surface area (Å²) >= 11 is 0. The number of rotatable bonds is 6. The molecule has 0 radical (unpaired) electrons. The summed E-state index contributed by atoms with van der Waals surface area (Å²) in [4.78, 5) is 11.2. The van der Waals surface area contributed by atoms with Gasteiger partial charge in [0.05, 0.1) is 0 Å². The largest absolute Gasteiger partial charge is 0.428 e. The third kappa shape index (κ3) is 6.10. The molecule has 0 fully saturated rings. The SMILES string of the molecule is C=C(C)C(=O)O/C(C)=C\CC(CC)CC. The van der Waals surface area contributed by atoms with E-state index in [1.54, 1.807) is 6.92 Å². The van der Waals surface area contributed by atoms with Crippen LogP contribution in [0.25, 0.3) is 0 Å². The molecule has 86 valence electrons. The molecule has 0 N–H and O–H groups in total. The maximum Gasteiger partial charge on any atom is 0.338 e. The minimum atomic E-state index is -0.340. The average molecular weight is 210 g/mol. The summed E-state index contributed by atoms with van der Waals surface area (Å²) in [6, 6.07) is 0. The molecule has 2 heteroatoms. The Labute approximate surface area is 93.0 Å². The number of hydrogen-bond donors (Lipinski definition) is 0. The number of carbonyl (C=O) groups excluding carboxylic acids is 1. The lowest BCUT2D eigenvalue weighted by molar-refractivity contribution is -0.134. The number of hydrogen-bond acceptors (Lipinski definition) is 2. The Balaban J connectivity index is 4.09. The standard InChI is InChI=1S/C13H22O2/c1-6-12(7-2)9-8-11(5)15-13(14)10(3)4/h8,12H,3,6-7,9H2,1-2,4-5H3/b11-8-. The molecule has 0 aliphatic heterocycles. The van der Waals surface area contributed by atoms with Crippen LogP contribution in [0.4, 0.5) is 0 Å². The lowest BCUT2D eigenvalue weighted by Crippen LogP contribution is -2.03. The molecule has 2 nitrogen and oxygen atoms in total. The van der Waals surface area contributed by atoms with E-state index in [2.05, 4.69) is 20.4 Å². The van der Waals surface area contributed by atoms with E-state index in [1.807, 2.05) is 13.0 Å². The molecule has 0 heterocycles. The fraction of sp³-hybridized carbons (Fsp3) is 0.615. The van der Waals surface area contributed by atoms with E-state index in [4.69, 9.17) is 4.74 Å². The fourth-order valence-corrected chi connectivity index (χ4v) is 1.23. The van der Waals surface area contributed by atoms with Gasteiger partial charge in [-0.3, -0.25) is 0 Å². The van der Waals surface area contributed by atoms with E-state index in [0.29, 0.717) is 17.3 Å². The zero-order valence-electron chi connectivity index (χ0n) is 10.3. The second kappa shape index (κ2) is 7.27. The Hall–Kier alpha value is -1.05. The van der Waals surface area contributed by atoms with Gasteiger partial charge >= 0.3 is 5.97 Å². The van der Waals surface area contributed by atoms with Crippen LogP contribution in [-0.2, 0) is 9.53 Å². The van der Waals surface area contributed by atoms with Crippen LogP contribution in [0, 0.1) is 5.92 Å². The van der Waals surface area contributed by atoms with Crippen LogP contribution in [0.2, 0.25) is 0 Å². The molecule has 0 amide bonds. The summed E-state index contributed by atoms with van der Waals surface area (Å²) in [6.07, 6.45) is 5.28. The van der Waals surface area contributed by atoms with Crippen molar-refractivity contribution < 1.29 is 9.53 Å². The first-order valence-electron chi connectivity index (χ1n) is 5.55. The summed E-state index contributed by atoms with van der Waals surface area (Å²) in [5.74, 6) is 1.02. The van der Waals surface area contributed by atoms with Gasteiger partial charge in [0.15, 0.2) is 0 Å². The van der Waals surface area contributed by atoms with Crippen molar-refractivity contribution in [2.75, 3.05) is 0 Å². The summed E-state index contributed by atoms with van der Waals surface area (Å²) in [7, 11) is 0. The van der Waals surface area contributed by atoms with Crippen LogP contribution in [0.5, 0.6) is 0 Å². The lowest BCUT2D eigenvalue weighted by Gasteiger charge is -2.09. The molecule has 0 aromatic carbocycles. The minimum absolute atomic E-state index is 0.340. The smallest absolute Gasteiger partial charge is 0.338 e. The molecular weight excluding hydrogens is 188 g/mol. The van der Waals surface area contributed by atoms with Crippen molar-refractivity contribution in [1.82, 2.24) is 0 Å². The number of ether oxygens (including phenoxy) is 1. The Morgan fingerprint density at radius 3 is 2.27 bits per heavy atom. The lowest BCUT2D eigenvalue weighted by atomic mass is 9.99. The zero-order valence-corrected chi connectivity index (χ0v) is 10.3. The predicted molar refractivity (Wildman–Crippen MR) is 63.4 cm³/mol. The molecule has 0 aliphatic rings. The molecule has 0 spiro atoms. The normalized spacial score (nSPS) is 11.7. The van der Waals surface area contributed by atoms with Gasteiger partial charge in [0.1, 0.15) is 5.76 Å². The first-order chi connectivity index (χ1) is 7.01. The first-order valence-corrected chi connectivity index (χ1v) is 5.55. The second-order valence-electron chi connectivity index (χ2n) is 3.90. The predicted octanol–water partition coefficient (Wildman–Crippen LogP) is 3.84. The van der Waals surface area contributed by atoms with Crippen molar-refractivity contribution in [2.45, 2.75) is 47.0 Å². The topological polar surface area (TPSA) is 26.3 Å². The van der Waals surface area contributed by atoms with Gasteiger partial charge in [-0.2, -0.15) is 0 Å². The third-order valence-electron chi connectivity index (χ3n) is 2.50. The van der Waals surface area contributed by atoms with Gasteiger partial charge in [0, 0.05) is 5.57 Å². The van der Waals surface area contributed by atoms with E-state index in [-0.39, 0.29) is 5.97 Å². The molecule has 0 atom stereocenters. The Kier molecular flexibility index (Phi) is 6.76. The highest BCUT2D eigenvalue weighted by atomic mass is 16.5. The summed E-state index contributed by atoms with van der Waals surface area (Å²) in [5, 5.41) is 0. The van der Waals surface area contributed by atoms with E-state index >= 15 is 0 Å². The fourth-order valence-electron chi connectivity index (χ4n) is 1.23. The summed E-state index contributed by atoms with van der Waals surface area (Å²) < 4.78 is 5.07. The molecule has 0 saturated heterocycles. The minimum Gasteiger partial charge on any atom is -0.428 e. The van der Waals surface area contributed by atoms with E-state index in [9.17, 15) is 4.79 Å². The maximum atomic E-state index is 11.2. The van der Waals surface area contributed by atoms with Crippen LogP contribution < -0.4 is 0 Å². The molecule has 0 aromatic heterocycles. The maximum absolute atomic E-state index is 11.2. The van der Waals surface area contributed by atoms with Crippen molar-refractivity contribution in [2.24, 2.45) is 5.92 Å². The van der Waals surface area contributed by atoms with Gasteiger partial charge in [-0.15, -0.1) is 0 Å². The van der Waals surface area contributed by atoms with Gasteiger partial charge in [-0.1, -0.05) is 33.3 Å². The van der Waals surface area contributed by atoms with Crippen molar-refractivity contribution >= 4 is 5.97 Å². The highest BCUT2D eigenvalue weighted by Crippen LogP contribution is 2.14. The van der Waals surface area contributed by atoms with E-state index in [1.165, 1.54) is 0 Å². The monoisotopic (exact) mass is 210 g/mol. The van der Waals surface area contributed by atoms with Crippen LogP contribution in [0.3, 0.4) is 0 Å². The zero-order chi connectivity index (χ0) is 11.8. The van der Waals surface area contributed by atoms with Crippen LogP contribution >= 0.6 is 0 Å². The average Bonchev–Trinajstić information content (AvgIpc) is 2.19. The van der Waals surface area contributed by atoms with E-state index < -0.39 is 0 Å². The molecule has 0 aromatic rings. The van der Waals surface area contributed by atoms with Crippen molar-refractivity contribution in [3.63, 3.8) is 0 Å². The quantitative estimate of drug-likeness (QED) is 0.378. The Bertz CT molecular complexity index is 247. The third-order valence-corrected chi connectivity index (χ3v) is 2.50. The van der Waals surface area contributed by atoms with Crippen molar-refractivity contribution in [1.29, 1.82) is 0 Å². The van der Waals surface area contributed by atoms with Gasteiger partial charge in [-0.05, 0) is 32.3 Å². The highest BCUT2D eigenvalue weighted by Gasteiger charge is 2.05. The van der Waals surface area contributed by atoms with Gasteiger partial charge in [-0.25, -0.2) is 4.79 Å². The molecular formula is C13H22O2. The summed E-state index contributed by atoms with van der Waals surface area (Å²) in [6.45, 7) is 11.3. The molecule has 0 rings (SSSR count). The molecule has 0 aliphatic carbocycles. The molecule has 0 unspecified atom stereocenters. The Morgan fingerprint density at radius 1 is 1.33 bits per heavy atom. The van der Waals surface area contributed by atoms with E-state index in [0.717, 1.165) is 19.3 Å². The first kappa shape index (κ1) is 13.9. The number of esters is 1. The number of allylic oxidation sites excluding steroid dienone is 2. The highest BCUT2D eigenvalue weighted by molar-refractivity contribution is 5.87. The van der Waals surface area contributed by atoms with Crippen LogP contribution in [0.1, 0.15) is 47.0 Å². The molecule has 15 heavy (non-hydrogen) atoms. The van der Waals surface area contributed by atoms with Crippen molar-refractivity contribution in [3.05, 3.63) is 24.0 Å². The van der Waals surface area contributed by atoms with Crippen molar-refractivity contribution in [3.8, 4) is 0 Å². The van der Waals surface area contributed by atoms with Gasteiger partial charge in [0.25, 0.3) is 0 Å². The molecule has 0 saturated carbocycles. The van der Waals surface area contributed by atoms with Gasteiger partial charge < -0.3 is 4.74 Å². The number of carbonyl (C=O) groups is 1.